The van der Waals surface area contributed by atoms with Crippen molar-refractivity contribution in [3.05, 3.63) is 16.2 Å². The molecule has 4 nitrogen and oxygen atoms in total. The fraction of sp³-hybridized carbons (Fsp3) is 0.571. The number of nitrogens with one attached hydrogen (secondary N) is 1. The summed E-state index contributed by atoms with van der Waals surface area (Å²) in [5.41, 5.74) is 0. The van der Waals surface area contributed by atoms with Crippen LogP contribution in [-0.4, -0.2) is 29.7 Å². The van der Waals surface area contributed by atoms with E-state index in [0.717, 1.165) is 48.4 Å². The van der Waals surface area contributed by atoms with Crippen molar-refractivity contribution in [2.24, 2.45) is 0 Å². The molecule has 0 radical (unpaired) electrons. The maximum Gasteiger partial charge on any atom is 0.225 e. The molecule has 2 aromatic rings. The summed E-state index contributed by atoms with van der Waals surface area (Å²) in [6, 6.07) is 2.14. The van der Waals surface area contributed by atoms with E-state index in [1.165, 1.54) is 4.88 Å². The maximum atomic E-state index is 5.97. The van der Waals surface area contributed by atoms with E-state index in [4.69, 9.17) is 16.3 Å². The van der Waals surface area contributed by atoms with E-state index >= 15 is 0 Å². The fourth-order valence-electron chi connectivity index (χ4n) is 1.84. The molecule has 0 saturated heterocycles. The van der Waals surface area contributed by atoms with Gasteiger partial charge >= 0.3 is 0 Å². The lowest BCUT2D eigenvalue weighted by Gasteiger charge is -2.07. The molecule has 0 atom stereocenters. The van der Waals surface area contributed by atoms with Gasteiger partial charge in [0.25, 0.3) is 0 Å². The highest BCUT2D eigenvalue weighted by Crippen LogP contribution is 2.30. The molecule has 2 rings (SSSR count). The van der Waals surface area contributed by atoms with Crippen LogP contribution in [-0.2, 0) is 11.2 Å². The summed E-state index contributed by atoms with van der Waals surface area (Å²) in [5.74, 6) is 0.801. The number of aromatic nitrogens is 2. The molecular weight excluding hydrogens is 294 g/mol. The van der Waals surface area contributed by atoms with Gasteiger partial charge in [-0.05, 0) is 30.5 Å². The molecule has 6 heteroatoms. The van der Waals surface area contributed by atoms with Gasteiger partial charge in [0.1, 0.15) is 10.6 Å². The second-order valence-corrected chi connectivity index (χ2v) is 5.97. The SMILES string of the molecule is CCCCOCCNc1nc(Cl)nc2sc(CC)cc12. The van der Waals surface area contributed by atoms with Gasteiger partial charge in [0, 0.05) is 18.0 Å². The number of hydrogen-bond donors (Lipinski definition) is 1. The quantitative estimate of drug-likeness (QED) is 0.588. The third-order valence-corrected chi connectivity index (χ3v) is 4.29. The minimum atomic E-state index is 0.288. The van der Waals surface area contributed by atoms with Gasteiger partial charge in [0.15, 0.2) is 0 Å². The second-order valence-electron chi connectivity index (χ2n) is 4.52. The largest absolute Gasteiger partial charge is 0.380 e. The summed E-state index contributed by atoms with van der Waals surface area (Å²) >= 11 is 7.64. The van der Waals surface area contributed by atoms with Crippen molar-refractivity contribution in [2.45, 2.75) is 33.1 Å². The Morgan fingerprint density at radius 1 is 1.30 bits per heavy atom. The van der Waals surface area contributed by atoms with E-state index < -0.39 is 0 Å². The zero-order valence-electron chi connectivity index (χ0n) is 11.9. The molecule has 0 unspecified atom stereocenters. The Kier molecular flexibility index (Phi) is 6.01. The molecule has 0 amide bonds. The van der Waals surface area contributed by atoms with Gasteiger partial charge in [-0.2, -0.15) is 0 Å². The smallest absolute Gasteiger partial charge is 0.225 e. The van der Waals surface area contributed by atoms with Crippen molar-refractivity contribution >= 4 is 39.0 Å². The van der Waals surface area contributed by atoms with Crippen LogP contribution in [0.4, 0.5) is 5.82 Å². The standard InChI is InChI=1S/C14H20ClN3OS/c1-3-5-7-19-8-6-16-12-11-9-10(4-2)20-13(11)18-14(15)17-12/h9H,3-8H2,1-2H3,(H,16,17,18). The Balaban J connectivity index is 1.99. The minimum Gasteiger partial charge on any atom is -0.380 e. The summed E-state index contributed by atoms with van der Waals surface area (Å²) < 4.78 is 5.53. The predicted octanol–water partition coefficient (Wildman–Crippen LogP) is 4.14. The number of aryl methyl sites for hydroxylation is 1. The molecule has 0 aliphatic carbocycles. The molecule has 0 spiro atoms. The Hall–Kier alpha value is -0.910. The third-order valence-electron chi connectivity index (χ3n) is 2.95. The van der Waals surface area contributed by atoms with Gasteiger partial charge in [-0.3, -0.25) is 0 Å². The number of anilines is 1. The maximum absolute atomic E-state index is 5.97. The normalized spacial score (nSPS) is 11.2. The van der Waals surface area contributed by atoms with Crippen LogP contribution in [0, 0.1) is 0 Å². The van der Waals surface area contributed by atoms with Gasteiger partial charge < -0.3 is 10.1 Å². The minimum absolute atomic E-state index is 0.288. The van der Waals surface area contributed by atoms with E-state index in [1.807, 2.05) is 0 Å². The topological polar surface area (TPSA) is 47.0 Å². The number of ether oxygens (including phenoxy) is 1. The molecule has 0 aromatic carbocycles. The van der Waals surface area contributed by atoms with Gasteiger partial charge in [-0.1, -0.05) is 20.3 Å². The lowest BCUT2D eigenvalue weighted by Crippen LogP contribution is -2.11. The van der Waals surface area contributed by atoms with Crippen molar-refractivity contribution in [3.63, 3.8) is 0 Å². The van der Waals surface area contributed by atoms with Crippen molar-refractivity contribution in [1.29, 1.82) is 0 Å². The first kappa shape index (κ1) is 15.5. The van der Waals surface area contributed by atoms with Crippen molar-refractivity contribution in [1.82, 2.24) is 9.97 Å². The fourth-order valence-corrected chi connectivity index (χ4v) is 3.03. The Labute approximate surface area is 128 Å². The number of unbranched alkanes of at least 4 members (excludes halogenated alkanes) is 1. The van der Waals surface area contributed by atoms with E-state index in [-0.39, 0.29) is 5.28 Å². The first-order chi connectivity index (χ1) is 9.74. The summed E-state index contributed by atoms with van der Waals surface area (Å²) in [4.78, 5) is 10.8. The molecule has 0 fully saturated rings. The molecule has 1 N–H and O–H groups in total. The van der Waals surface area contributed by atoms with Crippen LogP contribution in [0.3, 0.4) is 0 Å². The lowest BCUT2D eigenvalue weighted by molar-refractivity contribution is 0.141. The molecule has 2 aromatic heterocycles. The summed E-state index contributed by atoms with van der Waals surface area (Å²) in [6.07, 6.45) is 3.26. The van der Waals surface area contributed by atoms with E-state index in [2.05, 4.69) is 35.2 Å². The van der Waals surface area contributed by atoms with Crippen LogP contribution < -0.4 is 5.32 Å². The summed E-state index contributed by atoms with van der Waals surface area (Å²) in [7, 11) is 0. The Morgan fingerprint density at radius 3 is 2.90 bits per heavy atom. The molecule has 110 valence electrons. The highest BCUT2D eigenvalue weighted by atomic mass is 35.5. The Morgan fingerprint density at radius 2 is 2.15 bits per heavy atom. The van der Waals surface area contributed by atoms with Gasteiger partial charge in [0.05, 0.1) is 12.0 Å². The molecule has 0 bridgehead atoms. The van der Waals surface area contributed by atoms with Crippen LogP contribution in [0.5, 0.6) is 0 Å². The molecule has 20 heavy (non-hydrogen) atoms. The molecule has 0 aliphatic rings. The molecule has 0 saturated carbocycles. The zero-order valence-corrected chi connectivity index (χ0v) is 13.5. The van der Waals surface area contributed by atoms with Crippen LogP contribution in [0.1, 0.15) is 31.6 Å². The molecule has 2 heterocycles. The Bertz CT molecular complexity index is 559. The number of nitrogens with zero attached hydrogens (tertiary/aromatic N) is 2. The summed E-state index contributed by atoms with van der Waals surface area (Å²) in [6.45, 7) is 6.51. The van der Waals surface area contributed by atoms with Crippen LogP contribution in [0.15, 0.2) is 6.07 Å². The van der Waals surface area contributed by atoms with Crippen molar-refractivity contribution in [2.75, 3.05) is 25.1 Å². The van der Waals surface area contributed by atoms with Crippen LogP contribution in [0.2, 0.25) is 5.28 Å². The second kappa shape index (κ2) is 7.76. The van der Waals surface area contributed by atoms with Crippen molar-refractivity contribution in [3.8, 4) is 0 Å². The monoisotopic (exact) mass is 313 g/mol. The number of thiophene rings is 1. The van der Waals surface area contributed by atoms with Crippen LogP contribution >= 0.6 is 22.9 Å². The highest BCUT2D eigenvalue weighted by molar-refractivity contribution is 7.18. The van der Waals surface area contributed by atoms with E-state index in [9.17, 15) is 0 Å². The van der Waals surface area contributed by atoms with Gasteiger partial charge in [0.2, 0.25) is 5.28 Å². The van der Waals surface area contributed by atoms with Gasteiger partial charge in [-0.15, -0.1) is 11.3 Å². The predicted molar refractivity (Wildman–Crippen MR) is 86.0 cm³/mol. The van der Waals surface area contributed by atoms with E-state index in [1.54, 1.807) is 11.3 Å². The highest BCUT2D eigenvalue weighted by Gasteiger charge is 2.10. The average Bonchev–Trinajstić information content (AvgIpc) is 2.85. The summed E-state index contributed by atoms with van der Waals surface area (Å²) in [5, 5.41) is 4.62. The molecular formula is C14H20ClN3OS. The number of halogens is 1. The lowest BCUT2D eigenvalue weighted by atomic mass is 10.3. The zero-order chi connectivity index (χ0) is 14.4. The first-order valence-corrected chi connectivity index (χ1v) is 8.21. The number of rotatable bonds is 8. The molecule has 0 aliphatic heterocycles. The van der Waals surface area contributed by atoms with Gasteiger partial charge in [-0.25, -0.2) is 9.97 Å². The number of fused-ring (bicyclic) bond motifs is 1. The third kappa shape index (κ3) is 4.04. The van der Waals surface area contributed by atoms with E-state index in [0.29, 0.717) is 6.61 Å². The van der Waals surface area contributed by atoms with Crippen molar-refractivity contribution < 1.29 is 4.74 Å². The number of hydrogen-bond acceptors (Lipinski definition) is 5. The first-order valence-electron chi connectivity index (χ1n) is 7.02. The van der Waals surface area contributed by atoms with Crippen LogP contribution in [0.25, 0.3) is 10.2 Å². The average molecular weight is 314 g/mol.